The maximum absolute atomic E-state index is 13.0. The molecule has 8 heteroatoms. The topological polar surface area (TPSA) is 59.9 Å². The largest absolute Gasteiger partial charge is 0.464 e. The number of nitrogens with one attached hydrogen (secondary N) is 1. The molecule has 3 rings (SSSR count). The normalized spacial score (nSPS) is 12.0. The second-order valence-electron chi connectivity index (χ2n) is 7.73. The van der Waals surface area contributed by atoms with Gasteiger partial charge in [0.25, 0.3) is 0 Å². The van der Waals surface area contributed by atoms with Crippen LogP contribution in [0, 0.1) is 0 Å². The van der Waals surface area contributed by atoms with Crippen molar-refractivity contribution in [2.24, 2.45) is 0 Å². The van der Waals surface area contributed by atoms with Crippen LogP contribution >= 0.6 is 0 Å². The van der Waals surface area contributed by atoms with E-state index in [0.717, 1.165) is 23.3 Å². The van der Waals surface area contributed by atoms with Crippen LogP contribution in [0.5, 0.6) is 6.01 Å². The van der Waals surface area contributed by atoms with E-state index in [9.17, 15) is 13.2 Å². The lowest BCUT2D eigenvalue weighted by atomic mass is 9.87. The summed E-state index contributed by atoms with van der Waals surface area (Å²) in [6, 6.07) is 12.7. The lowest BCUT2D eigenvalue weighted by Gasteiger charge is -2.19. The van der Waals surface area contributed by atoms with Crippen LogP contribution < -0.4 is 10.1 Å². The molecule has 0 amide bonds. The van der Waals surface area contributed by atoms with Gasteiger partial charge in [-0.05, 0) is 36.1 Å². The van der Waals surface area contributed by atoms with Crippen molar-refractivity contribution in [1.29, 1.82) is 0 Å². The summed E-state index contributed by atoms with van der Waals surface area (Å²) >= 11 is 0. The average molecular weight is 416 g/mol. The quantitative estimate of drug-likeness (QED) is 0.553. The van der Waals surface area contributed by atoms with Gasteiger partial charge in [-0.2, -0.15) is 28.1 Å². The third-order valence-electron chi connectivity index (χ3n) is 4.34. The van der Waals surface area contributed by atoms with Gasteiger partial charge in [-0.15, -0.1) is 0 Å². The number of hydrogen-bond donors (Lipinski definition) is 1. The van der Waals surface area contributed by atoms with Crippen molar-refractivity contribution in [3.63, 3.8) is 0 Å². The highest BCUT2D eigenvalue weighted by molar-refractivity contribution is 5.60. The fourth-order valence-electron chi connectivity index (χ4n) is 2.76. The molecule has 0 unspecified atom stereocenters. The van der Waals surface area contributed by atoms with Crippen molar-refractivity contribution in [2.45, 2.75) is 39.3 Å². The summed E-state index contributed by atoms with van der Waals surface area (Å²) in [6.45, 7) is 8.50. The minimum absolute atomic E-state index is 0.00429. The van der Waals surface area contributed by atoms with E-state index in [4.69, 9.17) is 4.74 Å². The number of anilines is 2. The molecule has 0 spiro atoms. The molecule has 1 heterocycles. The van der Waals surface area contributed by atoms with E-state index in [1.54, 1.807) is 6.92 Å². The first-order valence-electron chi connectivity index (χ1n) is 9.50. The molecule has 158 valence electrons. The van der Waals surface area contributed by atoms with Gasteiger partial charge >= 0.3 is 12.2 Å². The third kappa shape index (κ3) is 5.25. The van der Waals surface area contributed by atoms with Gasteiger partial charge in [0.15, 0.2) is 5.82 Å². The van der Waals surface area contributed by atoms with Gasteiger partial charge in [0.05, 0.1) is 12.2 Å². The highest BCUT2D eigenvalue weighted by Crippen LogP contribution is 2.31. The number of aromatic nitrogens is 3. The molecule has 0 aliphatic heterocycles. The molecule has 0 saturated heterocycles. The first-order chi connectivity index (χ1) is 14.1. The number of alkyl halides is 3. The Hall–Kier alpha value is -3.16. The number of hydrogen-bond acceptors (Lipinski definition) is 5. The Bertz CT molecular complexity index is 1010. The first kappa shape index (κ1) is 21.5. The Morgan fingerprint density at radius 1 is 0.900 bits per heavy atom. The fourth-order valence-corrected chi connectivity index (χ4v) is 2.76. The number of halogens is 3. The molecule has 0 bridgehead atoms. The van der Waals surface area contributed by atoms with Crippen molar-refractivity contribution >= 4 is 11.6 Å². The maximum Gasteiger partial charge on any atom is 0.416 e. The zero-order valence-electron chi connectivity index (χ0n) is 17.2. The Kier molecular flexibility index (Phi) is 5.96. The van der Waals surface area contributed by atoms with Gasteiger partial charge < -0.3 is 10.1 Å². The van der Waals surface area contributed by atoms with Crippen LogP contribution in [0.15, 0.2) is 48.5 Å². The van der Waals surface area contributed by atoms with Gasteiger partial charge in [-0.1, -0.05) is 51.1 Å². The van der Waals surface area contributed by atoms with Crippen molar-refractivity contribution in [1.82, 2.24) is 15.0 Å². The molecule has 0 aliphatic carbocycles. The van der Waals surface area contributed by atoms with Crippen LogP contribution in [0.25, 0.3) is 11.4 Å². The lowest BCUT2D eigenvalue weighted by Crippen LogP contribution is -2.10. The average Bonchev–Trinajstić information content (AvgIpc) is 2.67. The van der Waals surface area contributed by atoms with E-state index in [1.807, 2.05) is 24.3 Å². The molecule has 0 aliphatic rings. The number of rotatable bonds is 5. The van der Waals surface area contributed by atoms with Gasteiger partial charge in [0.1, 0.15) is 0 Å². The van der Waals surface area contributed by atoms with Crippen molar-refractivity contribution < 1.29 is 17.9 Å². The predicted octanol–water partition coefficient (Wildman–Crippen LogP) is 6.00. The molecule has 3 aromatic rings. The predicted molar refractivity (Wildman–Crippen MR) is 110 cm³/mol. The fraction of sp³-hybridized carbons (Fsp3) is 0.318. The second-order valence-corrected chi connectivity index (χ2v) is 7.73. The third-order valence-corrected chi connectivity index (χ3v) is 4.34. The van der Waals surface area contributed by atoms with Crippen LogP contribution in [0.4, 0.5) is 24.8 Å². The molecule has 5 nitrogen and oxygen atoms in total. The molecule has 0 fully saturated rings. The zero-order chi connectivity index (χ0) is 21.9. The summed E-state index contributed by atoms with van der Waals surface area (Å²) < 4.78 is 44.4. The Morgan fingerprint density at radius 2 is 1.60 bits per heavy atom. The molecule has 1 N–H and O–H groups in total. The molecule has 30 heavy (non-hydrogen) atoms. The SMILES string of the molecule is CCOc1nc(Nc2cccc(C(F)(F)F)c2)nc(-c2ccc(C(C)(C)C)cc2)n1. The van der Waals surface area contributed by atoms with Crippen LogP contribution in [0.3, 0.4) is 0 Å². The van der Waals surface area contributed by atoms with E-state index in [2.05, 4.69) is 41.0 Å². The maximum atomic E-state index is 13.0. The second kappa shape index (κ2) is 8.30. The summed E-state index contributed by atoms with van der Waals surface area (Å²) in [7, 11) is 0. The summed E-state index contributed by atoms with van der Waals surface area (Å²) in [5.41, 5.74) is 1.37. The monoisotopic (exact) mass is 416 g/mol. The van der Waals surface area contributed by atoms with Gasteiger partial charge in [-0.3, -0.25) is 0 Å². The van der Waals surface area contributed by atoms with Crippen LogP contribution in [-0.4, -0.2) is 21.6 Å². The van der Waals surface area contributed by atoms with E-state index >= 15 is 0 Å². The molecular formula is C22H23F3N4O. The van der Waals surface area contributed by atoms with E-state index in [1.165, 1.54) is 12.1 Å². The smallest absolute Gasteiger partial charge is 0.416 e. The van der Waals surface area contributed by atoms with Crippen LogP contribution in [-0.2, 0) is 11.6 Å². The van der Waals surface area contributed by atoms with Gasteiger partial charge in [0, 0.05) is 11.3 Å². The van der Waals surface area contributed by atoms with E-state index in [0.29, 0.717) is 12.4 Å². The molecule has 0 atom stereocenters. The van der Waals surface area contributed by atoms with Crippen molar-refractivity contribution in [2.75, 3.05) is 11.9 Å². The minimum Gasteiger partial charge on any atom is -0.464 e. The minimum atomic E-state index is -4.44. The summed E-state index contributed by atoms with van der Waals surface area (Å²) in [5, 5.41) is 2.82. The highest BCUT2D eigenvalue weighted by Gasteiger charge is 2.30. The van der Waals surface area contributed by atoms with Crippen LogP contribution in [0.1, 0.15) is 38.8 Å². The summed E-state index contributed by atoms with van der Waals surface area (Å²) in [5.74, 6) is 0.464. The lowest BCUT2D eigenvalue weighted by molar-refractivity contribution is -0.137. The summed E-state index contributed by atoms with van der Waals surface area (Å²) in [4.78, 5) is 12.8. The van der Waals surface area contributed by atoms with Gasteiger partial charge in [0.2, 0.25) is 5.95 Å². The number of benzene rings is 2. The van der Waals surface area contributed by atoms with E-state index < -0.39 is 11.7 Å². The number of ether oxygens (including phenoxy) is 1. The molecular weight excluding hydrogens is 393 g/mol. The van der Waals surface area contributed by atoms with Crippen molar-refractivity contribution in [3.8, 4) is 17.4 Å². The Balaban J connectivity index is 1.95. The molecule has 1 aromatic heterocycles. The molecule has 2 aromatic carbocycles. The van der Waals surface area contributed by atoms with Crippen molar-refractivity contribution in [3.05, 3.63) is 59.7 Å². The molecule has 0 radical (unpaired) electrons. The van der Waals surface area contributed by atoms with E-state index in [-0.39, 0.29) is 23.1 Å². The highest BCUT2D eigenvalue weighted by atomic mass is 19.4. The zero-order valence-corrected chi connectivity index (χ0v) is 17.2. The van der Waals surface area contributed by atoms with Crippen LogP contribution in [0.2, 0.25) is 0 Å². The summed E-state index contributed by atoms with van der Waals surface area (Å²) in [6.07, 6.45) is -4.44. The van der Waals surface area contributed by atoms with Gasteiger partial charge in [-0.25, -0.2) is 0 Å². The Labute approximate surface area is 173 Å². The standard InChI is InChI=1S/C22H23F3N4O/c1-5-30-20-28-18(14-9-11-15(12-10-14)21(2,3)4)27-19(29-20)26-17-8-6-7-16(13-17)22(23,24)25/h6-13H,5H2,1-4H3,(H,26,27,28,29). The Morgan fingerprint density at radius 3 is 2.20 bits per heavy atom. The number of nitrogens with zero attached hydrogens (tertiary/aromatic N) is 3. The molecule has 0 saturated carbocycles. The first-order valence-corrected chi connectivity index (χ1v) is 9.50.